The van der Waals surface area contributed by atoms with E-state index in [1.54, 1.807) is 18.2 Å². The lowest BCUT2D eigenvalue weighted by Crippen LogP contribution is -2.38. The molecule has 1 aromatic carbocycles. The molecule has 0 fully saturated rings. The van der Waals surface area contributed by atoms with Crippen LogP contribution in [0, 0.1) is 0 Å². The number of aromatic nitrogens is 3. The van der Waals surface area contributed by atoms with Gasteiger partial charge >= 0.3 is 11.7 Å². The van der Waals surface area contributed by atoms with E-state index in [9.17, 15) is 19.5 Å². The van der Waals surface area contributed by atoms with Crippen LogP contribution in [0.5, 0.6) is 11.6 Å². The van der Waals surface area contributed by atoms with Crippen LogP contribution in [0.1, 0.15) is 16.1 Å². The average molecular weight is 386 g/mol. The molecule has 0 aliphatic heterocycles. The first-order valence-electron chi connectivity index (χ1n) is 8.11. The summed E-state index contributed by atoms with van der Waals surface area (Å²) in [6.07, 6.45) is 1.10. The van der Waals surface area contributed by atoms with E-state index < -0.39 is 23.1 Å². The van der Waals surface area contributed by atoms with Crippen LogP contribution in [-0.2, 0) is 18.8 Å². The minimum absolute atomic E-state index is 0.0550. The first kappa shape index (κ1) is 19.0. The number of carbonyl (C=O) groups excluding carboxylic acids is 1. The highest BCUT2D eigenvalue weighted by Gasteiger charge is 2.21. The van der Waals surface area contributed by atoms with Crippen molar-refractivity contribution in [3.63, 3.8) is 0 Å². The predicted octanol–water partition coefficient (Wildman–Crippen LogP) is 0.817. The fourth-order valence-electron chi connectivity index (χ4n) is 2.85. The molecular formula is C18H18N4O6. The molecule has 0 aliphatic rings. The molecule has 0 atom stereocenters. The topological polar surface area (TPSA) is 128 Å². The number of methoxy groups -OCH3 is 2. The summed E-state index contributed by atoms with van der Waals surface area (Å²) >= 11 is 0. The molecule has 146 valence electrons. The van der Waals surface area contributed by atoms with Crippen molar-refractivity contribution in [3.8, 4) is 11.6 Å². The van der Waals surface area contributed by atoms with Crippen molar-refractivity contribution in [1.29, 1.82) is 0 Å². The van der Waals surface area contributed by atoms with Gasteiger partial charge in [0.15, 0.2) is 5.69 Å². The van der Waals surface area contributed by atoms with Gasteiger partial charge in [-0.3, -0.25) is 18.9 Å². The smallest absolute Gasteiger partial charge is 0.356 e. The number of ether oxygens (including phenoxy) is 2. The fourth-order valence-corrected chi connectivity index (χ4v) is 2.85. The van der Waals surface area contributed by atoms with Crippen molar-refractivity contribution in [3.05, 3.63) is 50.3 Å². The van der Waals surface area contributed by atoms with Crippen LogP contribution in [0.2, 0.25) is 0 Å². The highest BCUT2D eigenvalue weighted by atomic mass is 16.5. The second kappa shape index (κ2) is 7.06. The molecule has 0 bridgehead atoms. The van der Waals surface area contributed by atoms with Gasteiger partial charge in [-0.05, 0) is 12.1 Å². The number of aromatic hydroxyl groups is 1. The number of hydrogen-bond donors (Lipinski definition) is 2. The van der Waals surface area contributed by atoms with E-state index >= 15 is 0 Å². The lowest BCUT2D eigenvalue weighted by atomic mass is 10.2. The lowest BCUT2D eigenvalue weighted by Gasteiger charge is -2.07. The Bertz CT molecular complexity index is 1230. The maximum atomic E-state index is 12.4. The highest BCUT2D eigenvalue weighted by molar-refractivity contribution is 6.08. The number of aromatic amines is 1. The van der Waals surface area contributed by atoms with Gasteiger partial charge in [0.2, 0.25) is 5.88 Å². The molecule has 3 rings (SSSR count). The SMILES string of the molecule is COC(=O)c1[nH]c2cccc(OC)c2c1N=Cc1c(O)n(C)c(=O)n(C)c1=O. The normalized spacial score (nSPS) is 11.3. The highest BCUT2D eigenvalue weighted by Crippen LogP contribution is 2.37. The molecule has 2 N–H and O–H groups in total. The third kappa shape index (κ3) is 2.84. The molecule has 3 aromatic rings. The largest absolute Gasteiger partial charge is 0.496 e. The van der Waals surface area contributed by atoms with Gasteiger partial charge < -0.3 is 19.6 Å². The van der Waals surface area contributed by atoms with Crippen molar-refractivity contribution in [2.24, 2.45) is 19.1 Å². The minimum Gasteiger partial charge on any atom is -0.496 e. The van der Waals surface area contributed by atoms with E-state index in [1.165, 1.54) is 28.3 Å². The van der Waals surface area contributed by atoms with Crippen molar-refractivity contribution < 1.29 is 19.4 Å². The maximum absolute atomic E-state index is 12.4. The summed E-state index contributed by atoms with van der Waals surface area (Å²) in [4.78, 5) is 43.6. The summed E-state index contributed by atoms with van der Waals surface area (Å²) in [5.74, 6) is -0.750. The van der Waals surface area contributed by atoms with E-state index in [0.717, 1.165) is 15.3 Å². The van der Waals surface area contributed by atoms with Crippen LogP contribution >= 0.6 is 0 Å². The van der Waals surface area contributed by atoms with Crippen molar-refractivity contribution in [2.45, 2.75) is 0 Å². The fraction of sp³-hybridized carbons (Fsp3) is 0.222. The van der Waals surface area contributed by atoms with Crippen molar-refractivity contribution >= 4 is 28.8 Å². The summed E-state index contributed by atoms with van der Waals surface area (Å²) in [5.41, 5.74) is -0.803. The van der Waals surface area contributed by atoms with Crippen LogP contribution in [0.4, 0.5) is 5.69 Å². The molecule has 0 radical (unpaired) electrons. The Balaban J connectivity index is 2.30. The zero-order chi connectivity index (χ0) is 20.6. The molecule has 10 nitrogen and oxygen atoms in total. The monoisotopic (exact) mass is 386 g/mol. The number of rotatable bonds is 4. The first-order chi connectivity index (χ1) is 13.3. The lowest BCUT2D eigenvalue weighted by molar-refractivity contribution is 0.0596. The summed E-state index contributed by atoms with van der Waals surface area (Å²) in [5, 5.41) is 10.7. The Labute approximate surface area is 158 Å². The van der Waals surface area contributed by atoms with Crippen molar-refractivity contribution in [1.82, 2.24) is 14.1 Å². The summed E-state index contributed by atoms with van der Waals surface area (Å²) in [6.45, 7) is 0. The van der Waals surface area contributed by atoms with Gasteiger partial charge in [0, 0.05) is 20.3 Å². The number of carbonyl (C=O) groups is 1. The van der Waals surface area contributed by atoms with Gasteiger partial charge in [-0.25, -0.2) is 9.59 Å². The average Bonchev–Trinajstić information content (AvgIpc) is 3.09. The number of benzene rings is 1. The van der Waals surface area contributed by atoms with Gasteiger partial charge in [-0.1, -0.05) is 6.07 Å². The van der Waals surface area contributed by atoms with Gasteiger partial charge in [-0.2, -0.15) is 0 Å². The Morgan fingerprint density at radius 2 is 1.93 bits per heavy atom. The van der Waals surface area contributed by atoms with Gasteiger partial charge in [0.25, 0.3) is 5.56 Å². The minimum atomic E-state index is -0.726. The Morgan fingerprint density at radius 3 is 2.57 bits per heavy atom. The number of fused-ring (bicyclic) bond motifs is 1. The zero-order valence-corrected chi connectivity index (χ0v) is 15.6. The number of aliphatic imine (C=N–C) groups is 1. The second-order valence-electron chi connectivity index (χ2n) is 5.92. The van der Waals surface area contributed by atoms with Crippen LogP contribution < -0.4 is 16.0 Å². The molecule has 28 heavy (non-hydrogen) atoms. The van der Waals surface area contributed by atoms with Gasteiger partial charge in [-0.15, -0.1) is 0 Å². The number of hydrogen-bond acceptors (Lipinski definition) is 7. The van der Waals surface area contributed by atoms with Gasteiger partial charge in [0.05, 0.1) is 25.1 Å². The molecule has 0 saturated carbocycles. The second-order valence-corrected chi connectivity index (χ2v) is 5.92. The number of nitrogens with zero attached hydrogens (tertiary/aromatic N) is 3. The molecule has 2 aromatic heterocycles. The molecule has 0 spiro atoms. The Kier molecular flexibility index (Phi) is 4.78. The molecule has 10 heteroatoms. The molecule has 2 heterocycles. The first-order valence-corrected chi connectivity index (χ1v) is 8.11. The van der Waals surface area contributed by atoms with Crippen LogP contribution in [0.25, 0.3) is 10.9 Å². The quantitative estimate of drug-likeness (QED) is 0.505. The Hall–Kier alpha value is -3.82. The summed E-state index contributed by atoms with van der Waals surface area (Å²) in [7, 11) is 5.31. The zero-order valence-electron chi connectivity index (χ0n) is 15.6. The summed E-state index contributed by atoms with van der Waals surface area (Å²) < 4.78 is 11.9. The predicted molar refractivity (Wildman–Crippen MR) is 102 cm³/mol. The molecule has 0 amide bonds. The van der Waals surface area contributed by atoms with E-state index in [4.69, 9.17) is 9.47 Å². The van der Waals surface area contributed by atoms with Crippen LogP contribution in [-0.4, -0.2) is 45.6 Å². The number of nitrogens with one attached hydrogen (secondary N) is 1. The summed E-state index contributed by atoms with van der Waals surface area (Å²) in [6, 6.07) is 5.16. The van der Waals surface area contributed by atoms with E-state index in [-0.39, 0.29) is 16.9 Å². The Morgan fingerprint density at radius 1 is 1.21 bits per heavy atom. The van der Waals surface area contributed by atoms with Crippen molar-refractivity contribution in [2.75, 3.05) is 14.2 Å². The molecular weight excluding hydrogens is 368 g/mol. The van der Waals surface area contributed by atoms with Crippen LogP contribution in [0.15, 0.2) is 32.8 Å². The van der Waals surface area contributed by atoms with Crippen LogP contribution in [0.3, 0.4) is 0 Å². The van der Waals surface area contributed by atoms with Gasteiger partial charge in [0.1, 0.15) is 17.0 Å². The number of H-pyrrole nitrogens is 1. The third-order valence-corrected chi connectivity index (χ3v) is 4.36. The third-order valence-electron chi connectivity index (χ3n) is 4.36. The van der Waals surface area contributed by atoms with E-state index in [2.05, 4.69) is 9.98 Å². The maximum Gasteiger partial charge on any atom is 0.356 e. The number of esters is 1. The molecule has 0 saturated heterocycles. The molecule has 0 aliphatic carbocycles. The molecule has 0 unspecified atom stereocenters. The van der Waals surface area contributed by atoms with E-state index in [1.807, 2.05) is 0 Å². The van der Waals surface area contributed by atoms with E-state index in [0.29, 0.717) is 16.7 Å². The standard InChI is InChI=1S/C18H18N4O6/c1-21-15(23)9(16(24)22(2)18(21)26)8-19-13-12-10(6-5-7-11(12)27-3)20-14(13)17(25)28-4/h5-8,20,23H,1-4H3.